The Hall–Kier alpha value is -1.83. The van der Waals surface area contributed by atoms with Crippen LogP contribution in [0.1, 0.15) is 11.1 Å². The molecule has 0 aliphatic rings. The van der Waals surface area contributed by atoms with Gasteiger partial charge in [-0.15, -0.1) is 0 Å². The number of hydrogen-bond donors (Lipinski definition) is 0. The predicted octanol–water partition coefficient (Wildman–Crippen LogP) is 3.51. The quantitative estimate of drug-likeness (QED) is 0.761. The largest absolute Gasteiger partial charge is 0.488 e. The Morgan fingerprint density at radius 1 is 1.25 bits per heavy atom. The Morgan fingerprint density at radius 3 is 2.88 bits per heavy atom. The highest BCUT2D eigenvalue weighted by atomic mass is 19.1. The van der Waals surface area contributed by atoms with E-state index in [2.05, 4.69) is 6.07 Å². The monoisotopic (exact) mass is 215 g/mol. The molecule has 1 nitrogen and oxygen atoms in total. The minimum absolute atomic E-state index is 0.235. The molecule has 2 aromatic rings. The van der Waals surface area contributed by atoms with E-state index in [0.29, 0.717) is 12.4 Å². The first-order valence-corrected chi connectivity index (χ1v) is 5.10. The van der Waals surface area contributed by atoms with Crippen LogP contribution in [0.3, 0.4) is 0 Å². The lowest BCUT2D eigenvalue weighted by atomic mass is 10.1. The van der Waals surface area contributed by atoms with Crippen LogP contribution in [0.25, 0.3) is 0 Å². The third-order valence-corrected chi connectivity index (χ3v) is 2.37. The summed E-state index contributed by atoms with van der Waals surface area (Å²) in [7, 11) is 0. The number of rotatable bonds is 3. The SMILES string of the molecule is Cc1ccc(F)cc1COc1[c]cccc1. The van der Waals surface area contributed by atoms with Gasteiger partial charge in [0.05, 0.1) is 0 Å². The van der Waals surface area contributed by atoms with Crippen molar-refractivity contribution in [2.45, 2.75) is 13.5 Å². The van der Waals surface area contributed by atoms with E-state index < -0.39 is 0 Å². The van der Waals surface area contributed by atoms with E-state index in [-0.39, 0.29) is 5.82 Å². The summed E-state index contributed by atoms with van der Waals surface area (Å²) in [4.78, 5) is 0. The molecule has 0 saturated carbocycles. The van der Waals surface area contributed by atoms with Crippen molar-refractivity contribution in [3.8, 4) is 5.75 Å². The van der Waals surface area contributed by atoms with Crippen LogP contribution < -0.4 is 4.74 Å². The molecule has 0 N–H and O–H groups in total. The minimum Gasteiger partial charge on any atom is -0.488 e. The molecule has 0 heterocycles. The second-order valence-corrected chi connectivity index (χ2v) is 3.59. The zero-order valence-electron chi connectivity index (χ0n) is 9.03. The van der Waals surface area contributed by atoms with E-state index in [1.165, 1.54) is 12.1 Å². The van der Waals surface area contributed by atoms with Crippen LogP contribution in [-0.2, 0) is 6.61 Å². The standard InChI is InChI=1S/C14H12FO/c1-11-7-8-13(15)9-12(11)10-16-14-5-3-2-4-6-14/h2-5,7-9H,10H2,1H3. The zero-order valence-corrected chi connectivity index (χ0v) is 9.03. The highest BCUT2D eigenvalue weighted by Crippen LogP contribution is 2.14. The summed E-state index contributed by atoms with van der Waals surface area (Å²) in [6, 6.07) is 15.0. The summed E-state index contributed by atoms with van der Waals surface area (Å²) >= 11 is 0. The van der Waals surface area contributed by atoms with Gasteiger partial charge < -0.3 is 4.74 Å². The molecule has 0 atom stereocenters. The van der Waals surface area contributed by atoms with Crippen molar-refractivity contribution in [1.82, 2.24) is 0 Å². The van der Waals surface area contributed by atoms with E-state index in [1.54, 1.807) is 12.1 Å². The molecular formula is C14H12FO. The lowest BCUT2D eigenvalue weighted by Crippen LogP contribution is -1.98. The van der Waals surface area contributed by atoms with Crippen LogP contribution in [0.5, 0.6) is 5.75 Å². The van der Waals surface area contributed by atoms with E-state index in [4.69, 9.17) is 4.74 Å². The normalized spacial score (nSPS) is 10.1. The highest BCUT2D eigenvalue weighted by Gasteiger charge is 2.01. The van der Waals surface area contributed by atoms with Crippen molar-refractivity contribution in [3.05, 3.63) is 65.5 Å². The maximum atomic E-state index is 13.0. The summed E-state index contributed by atoms with van der Waals surface area (Å²) < 4.78 is 18.5. The smallest absolute Gasteiger partial charge is 0.127 e. The molecule has 2 rings (SSSR count). The molecule has 0 unspecified atom stereocenters. The lowest BCUT2D eigenvalue weighted by Gasteiger charge is -2.08. The lowest BCUT2D eigenvalue weighted by molar-refractivity contribution is 0.304. The summed E-state index contributed by atoms with van der Waals surface area (Å²) in [5.74, 6) is 0.437. The predicted molar refractivity (Wildman–Crippen MR) is 60.7 cm³/mol. The number of aryl methyl sites for hydroxylation is 1. The van der Waals surface area contributed by atoms with Crippen LogP contribution in [0.15, 0.2) is 42.5 Å². The van der Waals surface area contributed by atoms with Gasteiger partial charge in [-0.2, -0.15) is 0 Å². The molecule has 16 heavy (non-hydrogen) atoms. The van der Waals surface area contributed by atoms with Crippen LogP contribution in [0.4, 0.5) is 4.39 Å². The van der Waals surface area contributed by atoms with Gasteiger partial charge in [0.1, 0.15) is 18.2 Å². The number of para-hydroxylation sites is 1. The summed E-state index contributed by atoms with van der Waals surface area (Å²) in [6.07, 6.45) is 0. The second-order valence-electron chi connectivity index (χ2n) is 3.59. The van der Waals surface area contributed by atoms with E-state index in [9.17, 15) is 4.39 Å². The summed E-state index contributed by atoms with van der Waals surface area (Å²) in [5.41, 5.74) is 1.88. The molecule has 2 heteroatoms. The third-order valence-electron chi connectivity index (χ3n) is 2.37. The Bertz CT molecular complexity index is 465. The number of benzene rings is 2. The van der Waals surface area contributed by atoms with Gasteiger partial charge in [-0.1, -0.05) is 24.3 Å². The molecule has 0 saturated heterocycles. The molecule has 0 fully saturated rings. The minimum atomic E-state index is -0.235. The molecule has 0 spiro atoms. The van der Waals surface area contributed by atoms with Gasteiger partial charge in [0.25, 0.3) is 0 Å². The maximum Gasteiger partial charge on any atom is 0.127 e. The number of halogens is 1. The fourth-order valence-electron chi connectivity index (χ4n) is 1.42. The number of ether oxygens (including phenoxy) is 1. The third kappa shape index (κ3) is 2.60. The van der Waals surface area contributed by atoms with Crippen LogP contribution in [0, 0.1) is 18.8 Å². The Balaban J connectivity index is 2.08. The Kier molecular flexibility index (Phi) is 3.20. The van der Waals surface area contributed by atoms with Gasteiger partial charge in [-0.25, -0.2) is 4.39 Å². The topological polar surface area (TPSA) is 9.23 Å². The van der Waals surface area contributed by atoms with Crippen molar-refractivity contribution in [3.63, 3.8) is 0 Å². The van der Waals surface area contributed by atoms with Crippen molar-refractivity contribution in [2.75, 3.05) is 0 Å². The molecule has 81 valence electrons. The summed E-state index contributed by atoms with van der Waals surface area (Å²) in [6.45, 7) is 2.30. The van der Waals surface area contributed by atoms with Gasteiger partial charge in [-0.05, 0) is 36.2 Å². The first-order valence-electron chi connectivity index (χ1n) is 5.10. The maximum absolute atomic E-state index is 13.0. The van der Waals surface area contributed by atoms with Gasteiger partial charge in [0.15, 0.2) is 0 Å². The fourth-order valence-corrected chi connectivity index (χ4v) is 1.42. The zero-order chi connectivity index (χ0) is 11.4. The van der Waals surface area contributed by atoms with Gasteiger partial charge in [0, 0.05) is 6.07 Å². The number of hydrogen-bond acceptors (Lipinski definition) is 1. The van der Waals surface area contributed by atoms with E-state index >= 15 is 0 Å². The molecule has 0 aliphatic carbocycles. The van der Waals surface area contributed by atoms with Crippen molar-refractivity contribution in [2.24, 2.45) is 0 Å². The summed E-state index contributed by atoms with van der Waals surface area (Å²) in [5, 5.41) is 0. The fraction of sp³-hybridized carbons (Fsp3) is 0.143. The van der Waals surface area contributed by atoms with Crippen LogP contribution in [0.2, 0.25) is 0 Å². The van der Waals surface area contributed by atoms with Crippen molar-refractivity contribution < 1.29 is 9.13 Å². The molecule has 0 amide bonds. The van der Waals surface area contributed by atoms with Gasteiger partial charge >= 0.3 is 0 Å². The van der Waals surface area contributed by atoms with Crippen molar-refractivity contribution >= 4 is 0 Å². The molecule has 0 aromatic heterocycles. The van der Waals surface area contributed by atoms with E-state index in [1.807, 2.05) is 25.1 Å². The second kappa shape index (κ2) is 4.79. The average Bonchev–Trinajstić information content (AvgIpc) is 2.32. The van der Waals surface area contributed by atoms with Crippen LogP contribution >= 0.6 is 0 Å². The highest BCUT2D eigenvalue weighted by molar-refractivity contribution is 5.27. The molecule has 1 radical (unpaired) electrons. The molecule has 2 aromatic carbocycles. The van der Waals surface area contributed by atoms with Crippen molar-refractivity contribution in [1.29, 1.82) is 0 Å². The first kappa shape index (κ1) is 10.7. The van der Waals surface area contributed by atoms with Gasteiger partial charge in [-0.3, -0.25) is 0 Å². The van der Waals surface area contributed by atoms with Crippen LogP contribution in [-0.4, -0.2) is 0 Å². The average molecular weight is 215 g/mol. The first-order chi connectivity index (χ1) is 7.75. The van der Waals surface area contributed by atoms with E-state index in [0.717, 1.165) is 11.1 Å². The molecular weight excluding hydrogens is 203 g/mol. The Morgan fingerprint density at radius 2 is 2.12 bits per heavy atom. The van der Waals surface area contributed by atoms with Gasteiger partial charge in [0.2, 0.25) is 0 Å². The Labute approximate surface area is 94.5 Å². The molecule has 0 aliphatic heterocycles. The molecule has 0 bridgehead atoms.